The van der Waals surface area contributed by atoms with Gasteiger partial charge in [-0.3, -0.25) is 9.59 Å². The molecule has 2 amide bonds. The van der Waals surface area contributed by atoms with Crippen LogP contribution in [-0.2, 0) is 4.79 Å². The first kappa shape index (κ1) is 19.0. The molecule has 0 spiro atoms. The number of nitrogens with two attached hydrogens (primary N) is 1. The van der Waals surface area contributed by atoms with Crippen LogP contribution < -0.4 is 21.1 Å². The van der Waals surface area contributed by atoms with Crippen LogP contribution in [0.5, 0.6) is 5.75 Å². The normalized spacial score (nSPS) is 12.7. The van der Waals surface area contributed by atoms with Gasteiger partial charge in [-0.2, -0.15) is 0 Å². The Balaban J connectivity index is 2.83. The van der Waals surface area contributed by atoms with Crippen LogP contribution in [0.1, 0.15) is 38.1 Å². The van der Waals surface area contributed by atoms with Gasteiger partial charge in [0.05, 0.1) is 12.7 Å². The molecule has 0 aliphatic rings. The Kier molecular flexibility index (Phi) is 6.57. The third-order valence-electron chi connectivity index (χ3n) is 3.31. The molecule has 1 unspecified atom stereocenters. The topological polar surface area (TPSA) is 93.4 Å². The fourth-order valence-electron chi connectivity index (χ4n) is 2.01. The SMILES string of the molecule is COc1ccccc1C(=O)NC(C(=O)NCC(C)(C)N)C(C)C. The Morgan fingerprint density at radius 2 is 1.87 bits per heavy atom. The quantitative estimate of drug-likeness (QED) is 0.706. The van der Waals surface area contributed by atoms with E-state index in [2.05, 4.69) is 10.6 Å². The smallest absolute Gasteiger partial charge is 0.255 e. The van der Waals surface area contributed by atoms with Gasteiger partial charge in [0.1, 0.15) is 11.8 Å². The maximum Gasteiger partial charge on any atom is 0.255 e. The van der Waals surface area contributed by atoms with Crippen LogP contribution >= 0.6 is 0 Å². The maximum absolute atomic E-state index is 12.4. The molecule has 1 rings (SSSR count). The number of nitrogens with one attached hydrogen (secondary N) is 2. The number of hydrogen-bond donors (Lipinski definition) is 3. The van der Waals surface area contributed by atoms with E-state index >= 15 is 0 Å². The Morgan fingerprint density at radius 3 is 2.39 bits per heavy atom. The second-order valence-corrected chi connectivity index (χ2v) is 6.60. The summed E-state index contributed by atoms with van der Waals surface area (Å²) in [6, 6.07) is 6.25. The highest BCUT2D eigenvalue weighted by molar-refractivity contribution is 5.99. The lowest BCUT2D eigenvalue weighted by atomic mass is 10.0. The zero-order chi connectivity index (χ0) is 17.6. The van der Waals surface area contributed by atoms with Crippen molar-refractivity contribution in [3.05, 3.63) is 29.8 Å². The van der Waals surface area contributed by atoms with Gasteiger partial charge in [0, 0.05) is 12.1 Å². The molecule has 0 bridgehead atoms. The van der Waals surface area contributed by atoms with E-state index in [9.17, 15) is 9.59 Å². The van der Waals surface area contributed by atoms with Crippen LogP contribution in [0, 0.1) is 5.92 Å². The number of carbonyl (C=O) groups is 2. The summed E-state index contributed by atoms with van der Waals surface area (Å²) >= 11 is 0. The van der Waals surface area contributed by atoms with E-state index in [0.29, 0.717) is 17.9 Å². The van der Waals surface area contributed by atoms with Crippen molar-refractivity contribution in [2.75, 3.05) is 13.7 Å². The molecule has 23 heavy (non-hydrogen) atoms. The average Bonchev–Trinajstić information content (AvgIpc) is 2.48. The lowest BCUT2D eigenvalue weighted by Crippen LogP contribution is -2.53. The highest BCUT2D eigenvalue weighted by Gasteiger charge is 2.26. The number of ether oxygens (including phenoxy) is 1. The van der Waals surface area contributed by atoms with Crippen LogP contribution in [-0.4, -0.2) is 37.0 Å². The first-order valence-corrected chi connectivity index (χ1v) is 7.66. The number of benzene rings is 1. The molecule has 0 saturated carbocycles. The average molecular weight is 321 g/mol. The van der Waals surface area contributed by atoms with Crippen LogP contribution in [0.15, 0.2) is 24.3 Å². The van der Waals surface area contributed by atoms with Crippen molar-refractivity contribution < 1.29 is 14.3 Å². The lowest BCUT2D eigenvalue weighted by molar-refractivity contribution is -0.124. The molecule has 0 aliphatic heterocycles. The minimum atomic E-state index is -0.644. The monoisotopic (exact) mass is 321 g/mol. The van der Waals surface area contributed by atoms with Gasteiger partial charge in [0.2, 0.25) is 5.91 Å². The molecule has 1 atom stereocenters. The Hall–Kier alpha value is -2.08. The number of amides is 2. The Bertz CT molecular complexity index is 550. The lowest BCUT2D eigenvalue weighted by Gasteiger charge is -2.25. The zero-order valence-electron chi connectivity index (χ0n) is 14.5. The minimum Gasteiger partial charge on any atom is -0.496 e. The van der Waals surface area contributed by atoms with Crippen molar-refractivity contribution in [3.63, 3.8) is 0 Å². The predicted molar refractivity (Wildman–Crippen MR) is 90.4 cm³/mol. The van der Waals surface area contributed by atoms with Crippen molar-refractivity contribution in [2.45, 2.75) is 39.3 Å². The summed E-state index contributed by atoms with van der Waals surface area (Å²) in [5.41, 5.74) is 5.76. The molecule has 0 aliphatic carbocycles. The van der Waals surface area contributed by atoms with Gasteiger partial charge in [0.15, 0.2) is 0 Å². The maximum atomic E-state index is 12.4. The molecule has 0 fully saturated rings. The summed E-state index contributed by atoms with van der Waals surface area (Å²) in [6.07, 6.45) is 0. The van der Waals surface area contributed by atoms with Crippen molar-refractivity contribution in [1.82, 2.24) is 10.6 Å². The number of para-hydroxylation sites is 1. The van der Waals surface area contributed by atoms with E-state index in [4.69, 9.17) is 10.5 Å². The molecule has 0 aromatic heterocycles. The van der Waals surface area contributed by atoms with Crippen molar-refractivity contribution in [3.8, 4) is 5.75 Å². The van der Waals surface area contributed by atoms with E-state index in [1.165, 1.54) is 7.11 Å². The third-order valence-corrected chi connectivity index (χ3v) is 3.31. The van der Waals surface area contributed by atoms with Crippen LogP contribution in [0.25, 0.3) is 0 Å². The standard InChI is InChI=1S/C17H27N3O3/c1-11(2)14(16(22)19-10-17(3,4)18)20-15(21)12-8-6-7-9-13(12)23-5/h6-9,11,14H,10,18H2,1-5H3,(H,19,22)(H,20,21). The molecule has 0 saturated heterocycles. The molecule has 0 radical (unpaired) electrons. The molecule has 6 heteroatoms. The van der Waals surface area contributed by atoms with Gasteiger partial charge in [-0.05, 0) is 31.9 Å². The number of carbonyl (C=O) groups excluding carboxylic acids is 2. The van der Waals surface area contributed by atoms with E-state index in [-0.39, 0.29) is 17.7 Å². The molecular formula is C17H27N3O3. The second-order valence-electron chi connectivity index (χ2n) is 6.60. The van der Waals surface area contributed by atoms with Gasteiger partial charge >= 0.3 is 0 Å². The van der Waals surface area contributed by atoms with Crippen LogP contribution in [0.2, 0.25) is 0 Å². The molecular weight excluding hydrogens is 294 g/mol. The first-order valence-electron chi connectivity index (χ1n) is 7.66. The summed E-state index contributed by atoms with van der Waals surface area (Å²) in [4.78, 5) is 24.8. The van der Waals surface area contributed by atoms with E-state index in [0.717, 1.165) is 0 Å². The molecule has 6 nitrogen and oxygen atoms in total. The second kappa shape index (κ2) is 7.97. The van der Waals surface area contributed by atoms with Crippen molar-refractivity contribution in [1.29, 1.82) is 0 Å². The summed E-state index contributed by atoms with van der Waals surface area (Å²) < 4.78 is 5.18. The van der Waals surface area contributed by atoms with Gasteiger partial charge in [0.25, 0.3) is 5.91 Å². The Labute approximate surface area is 137 Å². The molecule has 4 N–H and O–H groups in total. The number of methoxy groups -OCH3 is 1. The number of hydrogen-bond acceptors (Lipinski definition) is 4. The molecule has 0 heterocycles. The Morgan fingerprint density at radius 1 is 1.26 bits per heavy atom. The summed E-state index contributed by atoms with van der Waals surface area (Å²) in [7, 11) is 1.50. The van der Waals surface area contributed by atoms with Gasteiger partial charge in [-0.15, -0.1) is 0 Å². The zero-order valence-corrected chi connectivity index (χ0v) is 14.5. The fourth-order valence-corrected chi connectivity index (χ4v) is 2.01. The fraction of sp³-hybridized carbons (Fsp3) is 0.529. The van der Waals surface area contributed by atoms with Crippen LogP contribution in [0.4, 0.5) is 0 Å². The molecule has 1 aromatic carbocycles. The highest BCUT2D eigenvalue weighted by Crippen LogP contribution is 2.17. The van der Waals surface area contributed by atoms with Gasteiger partial charge < -0.3 is 21.1 Å². The van der Waals surface area contributed by atoms with E-state index < -0.39 is 11.6 Å². The van der Waals surface area contributed by atoms with E-state index in [1.54, 1.807) is 24.3 Å². The van der Waals surface area contributed by atoms with Crippen molar-refractivity contribution in [2.24, 2.45) is 11.7 Å². The molecule has 1 aromatic rings. The van der Waals surface area contributed by atoms with Gasteiger partial charge in [-0.1, -0.05) is 26.0 Å². The minimum absolute atomic E-state index is 0.0606. The number of rotatable bonds is 7. The van der Waals surface area contributed by atoms with Crippen molar-refractivity contribution >= 4 is 11.8 Å². The largest absolute Gasteiger partial charge is 0.496 e. The van der Waals surface area contributed by atoms with E-state index in [1.807, 2.05) is 27.7 Å². The first-order chi connectivity index (χ1) is 10.7. The van der Waals surface area contributed by atoms with Gasteiger partial charge in [-0.25, -0.2) is 0 Å². The highest BCUT2D eigenvalue weighted by atomic mass is 16.5. The summed E-state index contributed by atoms with van der Waals surface area (Å²) in [5, 5.41) is 5.55. The third kappa shape index (κ3) is 5.90. The summed E-state index contributed by atoms with van der Waals surface area (Å²) in [5.74, 6) is -0.185. The predicted octanol–water partition coefficient (Wildman–Crippen LogP) is 1.30. The summed E-state index contributed by atoms with van der Waals surface area (Å²) in [6.45, 7) is 7.73. The van der Waals surface area contributed by atoms with Crippen LogP contribution in [0.3, 0.4) is 0 Å². The molecule has 128 valence electrons.